The highest BCUT2D eigenvalue weighted by Crippen LogP contribution is 2.41. The first kappa shape index (κ1) is 22.4. The van der Waals surface area contributed by atoms with Gasteiger partial charge in [-0.2, -0.15) is 0 Å². The Bertz CT molecular complexity index is 764. The summed E-state index contributed by atoms with van der Waals surface area (Å²) in [5.74, 6) is -0.122. The SMILES string of the molecule is CNCCCNC(=O)C1CCC(=O)N(c2ccc(C)cc2)C1c1cccs1.Cl. The number of hydrogen-bond donors (Lipinski definition) is 2. The summed E-state index contributed by atoms with van der Waals surface area (Å²) in [7, 11) is 1.90. The van der Waals surface area contributed by atoms with E-state index in [9.17, 15) is 9.59 Å². The van der Waals surface area contributed by atoms with Gasteiger partial charge in [-0.15, -0.1) is 23.7 Å². The summed E-state index contributed by atoms with van der Waals surface area (Å²) in [6.07, 6.45) is 1.87. The number of hydrogen-bond acceptors (Lipinski definition) is 4. The second kappa shape index (κ2) is 10.6. The van der Waals surface area contributed by atoms with Crippen molar-refractivity contribution in [1.82, 2.24) is 10.6 Å². The van der Waals surface area contributed by atoms with Crippen LogP contribution in [0.15, 0.2) is 41.8 Å². The maximum absolute atomic E-state index is 12.9. The molecule has 0 radical (unpaired) electrons. The number of carbonyl (C=O) groups excluding carboxylic acids is 2. The Morgan fingerprint density at radius 3 is 2.61 bits per heavy atom. The quantitative estimate of drug-likeness (QED) is 0.670. The highest BCUT2D eigenvalue weighted by atomic mass is 35.5. The zero-order valence-electron chi connectivity index (χ0n) is 16.3. The van der Waals surface area contributed by atoms with Crippen LogP contribution in [0.2, 0.25) is 0 Å². The van der Waals surface area contributed by atoms with E-state index in [2.05, 4.69) is 10.6 Å². The number of benzene rings is 1. The molecule has 7 heteroatoms. The third kappa shape index (κ3) is 5.13. The summed E-state index contributed by atoms with van der Waals surface area (Å²) >= 11 is 1.60. The van der Waals surface area contributed by atoms with Crippen LogP contribution in [0.1, 0.15) is 35.7 Å². The molecule has 28 heavy (non-hydrogen) atoms. The lowest BCUT2D eigenvalue weighted by atomic mass is 9.86. The zero-order valence-corrected chi connectivity index (χ0v) is 17.9. The molecule has 1 saturated heterocycles. The van der Waals surface area contributed by atoms with Crippen LogP contribution in [0.5, 0.6) is 0 Å². The molecule has 2 amide bonds. The molecule has 2 atom stereocenters. The highest BCUT2D eigenvalue weighted by Gasteiger charge is 2.41. The molecule has 1 aromatic carbocycles. The Balaban J connectivity index is 0.00000280. The van der Waals surface area contributed by atoms with Gasteiger partial charge >= 0.3 is 0 Å². The number of aryl methyl sites for hydroxylation is 1. The lowest BCUT2D eigenvalue weighted by molar-refractivity contribution is -0.129. The van der Waals surface area contributed by atoms with Crippen molar-refractivity contribution in [2.75, 3.05) is 25.0 Å². The Morgan fingerprint density at radius 1 is 1.21 bits per heavy atom. The van der Waals surface area contributed by atoms with Crippen LogP contribution in [-0.4, -0.2) is 32.0 Å². The summed E-state index contributed by atoms with van der Waals surface area (Å²) in [5, 5.41) is 8.15. The van der Waals surface area contributed by atoms with Crippen LogP contribution in [0, 0.1) is 12.8 Å². The topological polar surface area (TPSA) is 61.4 Å². The van der Waals surface area contributed by atoms with Gasteiger partial charge in [0.25, 0.3) is 0 Å². The molecule has 2 unspecified atom stereocenters. The largest absolute Gasteiger partial charge is 0.356 e. The van der Waals surface area contributed by atoms with Gasteiger partial charge in [-0.05, 0) is 56.9 Å². The van der Waals surface area contributed by atoms with Gasteiger partial charge in [-0.3, -0.25) is 9.59 Å². The summed E-state index contributed by atoms with van der Waals surface area (Å²) in [6, 6.07) is 11.7. The van der Waals surface area contributed by atoms with Crippen molar-refractivity contribution in [3.63, 3.8) is 0 Å². The van der Waals surface area contributed by atoms with E-state index in [0.717, 1.165) is 29.1 Å². The van der Waals surface area contributed by atoms with Gasteiger partial charge < -0.3 is 15.5 Å². The van der Waals surface area contributed by atoms with Crippen molar-refractivity contribution in [2.24, 2.45) is 5.92 Å². The molecule has 0 saturated carbocycles. The van der Waals surface area contributed by atoms with E-state index in [-0.39, 0.29) is 36.2 Å². The molecular formula is C21H28ClN3O2S. The minimum Gasteiger partial charge on any atom is -0.356 e. The van der Waals surface area contributed by atoms with E-state index in [1.54, 1.807) is 11.3 Å². The molecule has 2 heterocycles. The highest BCUT2D eigenvalue weighted by molar-refractivity contribution is 7.10. The summed E-state index contributed by atoms with van der Waals surface area (Å²) < 4.78 is 0. The Kier molecular flexibility index (Phi) is 8.48. The molecule has 1 aliphatic heterocycles. The fraction of sp³-hybridized carbons (Fsp3) is 0.429. The third-order valence-corrected chi connectivity index (χ3v) is 5.93. The second-order valence-corrected chi connectivity index (χ2v) is 7.93. The Morgan fingerprint density at radius 2 is 1.96 bits per heavy atom. The maximum atomic E-state index is 12.9. The summed E-state index contributed by atoms with van der Waals surface area (Å²) in [6.45, 7) is 3.54. The number of anilines is 1. The molecule has 0 bridgehead atoms. The Hall–Kier alpha value is -1.89. The van der Waals surface area contributed by atoms with Crippen molar-refractivity contribution in [2.45, 2.75) is 32.2 Å². The van der Waals surface area contributed by atoms with E-state index < -0.39 is 0 Å². The molecule has 0 spiro atoms. The molecule has 152 valence electrons. The summed E-state index contributed by atoms with van der Waals surface area (Å²) in [5.41, 5.74) is 2.01. The normalized spacial score (nSPS) is 19.2. The van der Waals surface area contributed by atoms with Gasteiger partial charge in [-0.25, -0.2) is 0 Å². The van der Waals surface area contributed by atoms with Crippen molar-refractivity contribution in [3.8, 4) is 0 Å². The minimum atomic E-state index is -0.252. The first-order valence-corrected chi connectivity index (χ1v) is 10.3. The molecule has 1 fully saturated rings. The number of nitrogens with one attached hydrogen (secondary N) is 2. The van der Waals surface area contributed by atoms with Crippen molar-refractivity contribution < 1.29 is 9.59 Å². The second-order valence-electron chi connectivity index (χ2n) is 6.95. The van der Waals surface area contributed by atoms with Crippen LogP contribution < -0.4 is 15.5 Å². The van der Waals surface area contributed by atoms with E-state index in [0.29, 0.717) is 19.4 Å². The van der Waals surface area contributed by atoms with Gasteiger partial charge in [0.1, 0.15) is 0 Å². The standard InChI is InChI=1S/C21H27N3O2S.ClH/c1-15-6-8-16(9-7-15)24-19(25)11-10-17(20(24)18-5-3-14-27-18)21(26)23-13-4-12-22-2;/h3,5-9,14,17,20,22H,4,10-13H2,1-2H3,(H,23,26);1H. The fourth-order valence-electron chi connectivity index (χ4n) is 3.57. The van der Waals surface area contributed by atoms with E-state index in [1.165, 1.54) is 0 Å². The fourth-order valence-corrected chi connectivity index (χ4v) is 4.45. The van der Waals surface area contributed by atoms with Crippen LogP contribution in [0.3, 0.4) is 0 Å². The van der Waals surface area contributed by atoms with Crippen LogP contribution in [0.4, 0.5) is 5.69 Å². The average Bonchev–Trinajstić information content (AvgIpc) is 3.20. The number of amides is 2. The number of nitrogens with zero attached hydrogens (tertiary/aromatic N) is 1. The van der Waals surface area contributed by atoms with Gasteiger partial charge in [0.2, 0.25) is 11.8 Å². The van der Waals surface area contributed by atoms with Crippen LogP contribution in [-0.2, 0) is 9.59 Å². The minimum absolute atomic E-state index is 0. The predicted molar refractivity (Wildman–Crippen MR) is 117 cm³/mol. The van der Waals surface area contributed by atoms with Gasteiger partial charge in [0, 0.05) is 23.5 Å². The molecule has 2 aromatic rings. The molecule has 3 rings (SSSR count). The number of carbonyl (C=O) groups is 2. The van der Waals surface area contributed by atoms with E-state index >= 15 is 0 Å². The van der Waals surface area contributed by atoms with Crippen molar-refractivity contribution in [1.29, 1.82) is 0 Å². The lowest BCUT2D eigenvalue weighted by Crippen LogP contribution is -2.48. The van der Waals surface area contributed by atoms with Crippen LogP contribution in [0.25, 0.3) is 0 Å². The number of piperidine rings is 1. The maximum Gasteiger partial charge on any atom is 0.227 e. The lowest BCUT2D eigenvalue weighted by Gasteiger charge is -2.40. The smallest absolute Gasteiger partial charge is 0.227 e. The molecule has 2 N–H and O–H groups in total. The van der Waals surface area contributed by atoms with Gasteiger partial charge in [0.15, 0.2) is 0 Å². The van der Waals surface area contributed by atoms with E-state index in [1.807, 2.05) is 60.6 Å². The van der Waals surface area contributed by atoms with Gasteiger partial charge in [-0.1, -0.05) is 23.8 Å². The molecular weight excluding hydrogens is 394 g/mol. The first-order valence-electron chi connectivity index (χ1n) is 9.46. The number of rotatable bonds is 7. The summed E-state index contributed by atoms with van der Waals surface area (Å²) in [4.78, 5) is 28.7. The van der Waals surface area contributed by atoms with Crippen molar-refractivity contribution >= 4 is 41.2 Å². The third-order valence-electron chi connectivity index (χ3n) is 4.98. The number of thiophene rings is 1. The van der Waals surface area contributed by atoms with Crippen LogP contribution >= 0.6 is 23.7 Å². The molecule has 0 aliphatic carbocycles. The molecule has 1 aliphatic rings. The molecule has 5 nitrogen and oxygen atoms in total. The predicted octanol–water partition coefficient (Wildman–Crippen LogP) is 3.69. The van der Waals surface area contributed by atoms with E-state index in [4.69, 9.17) is 0 Å². The average molecular weight is 422 g/mol. The van der Waals surface area contributed by atoms with Crippen molar-refractivity contribution in [3.05, 3.63) is 52.2 Å². The zero-order chi connectivity index (χ0) is 19.2. The Labute approximate surface area is 176 Å². The molecule has 1 aromatic heterocycles. The monoisotopic (exact) mass is 421 g/mol. The number of halogens is 1. The first-order chi connectivity index (χ1) is 13.1. The van der Waals surface area contributed by atoms with Gasteiger partial charge in [0.05, 0.1) is 12.0 Å².